The predicted molar refractivity (Wildman–Crippen MR) is 254 cm³/mol. The molecule has 0 amide bonds. The number of allylic oxidation sites excluding steroid dienone is 2. The van der Waals surface area contributed by atoms with Crippen molar-refractivity contribution in [1.29, 1.82) is 0 Å². The first-order valence-electron chi connectivity index (χ1n) is 21.4. The van der Waals surface area contributed by atoms with Crippen LogP contribution in [-0.2, 0) is 196 Å². The molecule has 0 saturated heterocycles. The summed E-state index contributed by atoms with van der Waals surface area (Å²) in [7, 11) is -5.63. The Bertz CT molecular complexity index is 1620. The molecule has 9 heteroatoms. The monoisotopic (exact) mass is 1310 g/mol. The molecule has 312 valence electrons. The number of hydrogen-bond acceptors (Lipinski definition) is 0. The third-order valence-corrected chi connectivity index (χ3v) is 29.5. The summed E-state index contributed by atoms with van der Waals surface area (Å²) in [4.78, 5) is 0. The molecule has 0 unspecified atom stereocenters. The molecule has 1 aliphatic rings. The molecule has 0 aromatic heterocycles. The molecule has 0 nitrogen and oxygen atoms in total. The molecule has 61 heavy (non-hydrogen) atoms. The topological polar surface area (TPSA) is 0 Å². The van der Waals surface area contributed by atoms with Crippen LogP contribution in [0.4, 0.5) is 0 Å². The van der Waals surface area contributed by atoms with Crippen molar-refractivity contribution in [2.45, 2.75) is 112 Å². The summed E-state index contributed by atoms with van der Waals surface area (Å²) in [6.07, 6.45) is 8.75. The number of benzene rings is 4. The Hall–Kier alpha value is 3.63. The van der Waals surface area contributed by atoms with E-state index in [1.807, 2.05) is 0 Å². The molecular weight excluding hydrogens is 1240 g/mol. The Morgan fingerprint density at radius 2 is 0.541 bits per heavy atom. The van der Waals surface area contributed by atoms with E-state index in [9.17, 15) is 0 Å². The quantitative estimate of drug-likeness (QED) is 0.0484. The summed E-state index contributed by atoms with van der Waals surface area (Å²) in [6.45, 7) is 26.5. The van der Waals surface area contributed by atoms with Gasteiger partial charge in [-0.05, 0) is 55.9 Å². The van der Waals surface area contributed by atoms with Crippen molar-refractivity contribution in [2.75, 3.05) is 0 Å². The first-order valence-corrected chi connectivity index (χ1v) is 29.5. The number of hydrogen-bond donors (Lipinski definition) is 0. The van der Waals surface area contributed by atoms with E-state index >= 15 is 0 Å². The normalized spacial score (nSPS) is 13.1. The van der Waals surface area contributed by atoms with E-state index < -0.39 is 24.2 Å². The van der Waals surface area contributed by atoms with Crippen LogP contribution >= 0.6 is 0 Å². The predicted octanol–water partition coefficient (Wildman–Crippen LogP) is 15.8. The average Bonchev–Trinajstić information content (AvgIpc) is 3.50. The van der Waals surface area contributed by atoms with Crippen LogP contribution in [0.15, 0.2) is 121 Å². The largest absolute Gasteiger partial charge is 0.344 e. The van der Waals surface area contributed by atoms with Crippen molar-refractivity contribution < 1.29 is 196 Å². The molecule has 5 rings (SSSR count). The first kappa shape index (κ1) is 66.7. The fraction of sp³-hybridized carbons (Fsp3) is 0.346. The van der Waals surface area contributed by atoms with Crippen LogP contribution in [0.25, 0.3) is 21.5 Å². The van der Waals surface area contributed by atoms with Crippen LogP contribution in [0.3, 0.4) is 0 Å². The molecule has 0 N–H and O–H groups in total. The van der Waals surface area contributed by atoms with E-state index in [0.717, 1.165) is 38.5 Å². The van der Waals surface area contributed by atoms with E-state index in [2.05, 4.69) is 163 Å². The molecule has 1 heterocycles. The van der Waals surface area contributed by atoms with Crippen molar-refractivity contribution in [3.63, 3.8) is 0 Å². The second kappa shape index (κ2) is 35.7. The summed E-state index contributed by atoms with van der Waals surface area (Å²) < 4.78 is 0. The van der Waals surface area contributed by atoms with Gasteiger partial charge in [-0.1, -0.05) is 183 Å². The van der Waals surface area contributed by atoms with Crippen molar-refractivity contribution >= 4 is 45.8 Å². The Morgan fingerprint density at radius 3 is 0.770 bits per heavy atom. The van der Waals surface area contributed by atoms with Crippen LogP contribution in [0, 0.1) is 41.5 Å². The van der Waals surface area contributed by atoms with Gasteiger partial charge in [0.1, 0.15) is 8.07 Å². The third-order valence-electron chi connectivity index (χ3n) is 12.8. The van der Waals surface area contributed by atoms with Crippen LogP contribution in [-0.4, -0.2) is 24.2 Å². The van der Waals surface area contributed by atoms with Gasteiger partial charge in [-0.15, -0.1) is 0 Å². The summed E-state index contributed by atoms with van der Waals surface area (Å²) in [5.74, 6) is 0. The van der Waals surface area contributed by atoms with Crippen molar-refractivity contribution in [1.82, 2.24) is 0 Å². The molecule has 6 radical (unpaired) electrons. The summed E-state index contributed by atoms with van der Waals surface area (Å²) in [6, 6.07) is 59.0. The number of rotatable bonds is 24. The van der Waals surface area contributed by atoms with Gasteiger partial charge >= 0.3 is 0 Å². The maximum Gasteiger partial charge on any atom is 0.121 e. The molecular formula is C52H68Si3Y6-6. The maximum atomic E-state index is 4.41. The molecule has 0 aliphatic carbocycles. The smallest absolute Gasteiger partial charge is 0.121 e. The zero-order chi connectivity index (χ0) is 39.0. The molecule has 1 aliphatic heterocycles. The summed E-state index contributed by atoms with van der Waals surface area (Å²) >= 11 is 0. The minimum atomic E-state index is -2.49. The van der Waals surface area contributed by atoms with Crippen molar-refractivity contribution in [2.24, 2.45) is 0 Å². The van der Waals surface area contributed by atoms with Gasteiger partial charge < -0.3 is 41.5 Å². The van der Waals surface area contributed by atoms with Gasteiger partial charge in [-0.25, -0.2) is 0 Å². The average molecular weight is 1310 g/mol. The van der Waals surface area contributed by atoms with Crippen LogP contribution < -0.4 is 0 Å². The standard InChI is InChI=1S/C52H68Si3.6Y/c1-7-35-53(36-8-2,37-9-3)41-25-43-55(44-26-42-54(38-10-4,39-11-5)40-12-6)51(47-31-21-15-22-32-47)49(45-27-17-13-18-28-45)50(46-29-19-14-20-30-46)52(55)48-33-23-16-24-34-48;;;;;;/h13-24,27-34H,1-12,25-26,35-44H2;;;;;;/q-6;;;;;;. The molecule has 0 spiro atoms. The van der Waals surface area contributed by atoms with Gasteiger partial charge in [0, 0.05) is 212 Å². The van der Waals surface area contributed by atoms with E-state index in [4.69, 9.17) is 0 Å². The second-order valence-corrected chi connectivity index (χ2v) is 30.5. The minimum absolute atomic E-state index is 0. The molecule has 0 fully saturated rings. The summed E-state index contributed by atoms with van der Waals surface area (Å²) in [5.41, 5.74) is 8.46. The second-order valence-electron chi connectivity index (χ2n) is 16.4. The Balaban J connectivity index is 0. The van der Waals surface area contributed by atoms with Crippen molar-refractivity contribution in [3.8, 4) is 0 Å². The molecule has 0 atom stereocenters. The first-order chi connectivity index (χ1) is 27.0. The summed E-state index contributed by atoms with van der Waals surface area (Å²) in [5, 5.41) is 3.32. The zero-order valence-electron chi connectivity index (χ0n) is 37.5. The fourth-order valence-electron chi connectivity index (χ4n) is 10.6. The van der Waals surface area contributed by atoms with E-state index in [1.54, 1.807) is 10.4 Å². The van der Waals surface area contributed by atoms with Gasteiger partial charge in [0.25, 0.3) is 0 Å². The van der Waals surface area contributed by atoms with Gasteiger partial charge in [0.2, 0.25) is 0 Å². The van der Waals surface area contributed by atoms with Crippen LogP contribution in [0.2, 0.25) is 60.4 Å². The molecule has 0 saturated carbocycles. The van der Waals surface area contributed by atoms with E-state index in [0.29, 0.717) is 0 Å². The SMILES string of the molecule is [CH2-]CC[Si](CC[CH2-])(CC[CH2-])CCC[Si]1(CCC[Si](CC[CH2-])(CC[CH2-])CC[CH2-])C(c2ccccc2)=C(c2ccccc2)C(c2ccccc2)=C1c1ccccc1.[Y].[Y].[Y].[Y].[Y].[Y]. The fourth-order valence-corrected chi connectivity index (χ4v) is 26.7. The van der Waals surface area contributed by atoms with Crippen molar-refractivity contribution in [3.05, 3.63) is 185 Å². The molecule has 4 aromatic rings. The van der Waals surface area contributed by atoms with Gasteiger partial charge in [-0.2, -0.15) is 38.5 Å². The zero-order valence-corrected chi connectivity index (χ0v) is 57.5. The van der Waals surface area contributed by atoms with Gasteiger partial charge in [-0.3, -0.25) is 0 Å². The van der Waals surface area contributed by atoms with Crippen LogP contribution in [0.1, 0.15) is 73.6 Å². The van der Waals surface area contributed by atoms with Gasteiger partial charge in [0.05, 0.1) is 0 Å². The Kier molecular flexibility index (Phi) is 39.0. The Labute approximate surface area is 529 Å². The Morgan fingerprint density at radius 1 is 0.311 bits per heavy atom. The minimum Gasteiger partial charge on any atom is -0.344 e. The maximum absolute atomic E-state index is 4.41. The van der Waals surface area contributed by atoms with E-state index in [1.165, 1.54) is 107 Å². The van der Waals surface area contributed by atoms with E-state index in [-0.39, 0.29) is 196 Å². The molecule has 0 bridgehead atoms. The van der Waals surface area contributed by atoms with Crippen LogP contribution in [0.5, 0.6) is 0 Å². The van der Waals surface area contributed by atoms with Gasteiger partial charge in [0.15, 0.2) is 0 Å². The molecule has 4 aromatic carbocycles. The third kappa shape index (κ3) is 18.1.